The van der Waals surface area contributed by atoms with E-state index in [1.54, 1.807) is 47.2 Å². The fraction of sp³-hybridized carbons (Fsp3) is 0.424. The fourth-order valence-electron chi connectivity index (χ4n) is 6.21. The molecule has 11 nitrogen and oxygen atoms in total. The molecule has 1 aliphatic carbocycles. The zero-order valence-corrected chi connectivity index (χ0v) is 25.6. The second kappa shape index (κ2) is 14.5. The van der Waals surface area contributed by atoms with Crippen molar-refractivity contribution in [3.8, 4) is 22.5 Å². The molecular formula is C33H38FKN6O5. The van der Waals surface area contributed by atoms with Gasteiger partial charge in [0.15, 0.2) is 5.82 Å². The zero-order valence-electron chi connectivity index (χ0n) is 25.6. The van der Waals surface area contributed by atoms with Crippen molar-refractivity contribution in [2.75, 3.05) is 6.61 Å². The van der Waals surface area contributed by atoms with Gasteiger partial charge in [-0.2, -0.15) is 10.1 Å². The summed E-state index contributed by atoms with van der Waals surface area (Å²) in [7, 11) is 0. The number of nitrogens with zero attached hydrogens (tertiary/aromatic N) is 5. The van der Waals surface area contributed by atoms with Gasteiger partial charge in [-0.15, -0.1) is 0 Å². The minimum absolute atomic E-state index is 0. The van der Waals surface area contributed by atoms with E-state index in [0.717, 1.165) is 25.0 Å². The monoisotopic (exact) mass is 656 g/mol. The number of aliphatic hydroxyl groups is 1. The third-order valence-corrected chi connectivity index (χ3v) is 8.35. The van der Waals surface area contributed by atoms with Gasteiger partial charge < -0.3 is 9.84 Å². The predicted octanol–water partition coefficient (Wildman–Crippen LogP) is 4.21. The zero-order chi connectivity index (χ0) is 31.7. The van der Waals surface area contributed by atoms with Gasteiger partial charge in [0, 0.05) is 23.6 Å². The van der Waals surface area contributed by atoms with Gasteiger partial charge in [0.2, 0.25) is 5.78 Å². The number of H-pyrrole nitrogens is 1. The first-order chi connectivity index (χ1) is 21.6. The molecule has 238 valence electrons. The Kier molecular flexibility index (Phi) is 10.9. The normalized spacial score (nSPS) is 16.9. The molecule has 1 saturated carbocycles. The van der Waals surface area contributed by atoms with Crippen LogP contribution in [0.25, 0.3) is 28.3 Å². The summed E-state index contributed by atoms with van der Waals surface area (Å²) in [5, 5.41) is 18.3. The summed E-state index contributed by atoms with van der Waals surface area (Å²) in [6, 6.07) is 12.0. The molecular weight excluding hydrogens is 618 g/mol. The number of hydrogen-bond acceptors (Lipinski definition) is 8. The molecule has 1 aliphatic rings. The first-order valence-corrected chi connectivity index (χ1v) is 15.4. The van der Waals surface area contributed by atoms with Crippen LogP contribution in [0.1, 0.15) is 75.7 Å². The van der Waals surface area contributed by atoms with Crippen LogP contribution in [0.4, 0.5) is 4.39 Å². The van der Waals surface area contributed by atoms with E-state index in [9.17, 15) is 14.7 Å². The van der Waals surface area contributed by atoms with Gasteiger partial charge >= 0.3 is 57.1 Å². The standard InChI is InChI=1S/C33H37FN6O5.K.H/c1-4-7-28-26(16-21-11-10-20(17-27(21)34)24-8-5-6-9-25(24)29-37-32(42)45-38-29)30(41)39(31-35-19-36-40(28)31)22-12-14-23(15-13-22)44-18-33(2,3)43;;/h5-6,8-11,17,19,22-23,43H,4,7,12-16,18H2,1-3H3,(H,37,38,42);;. The summed E-state index contributed by atoms with van der Waals surface area (Å²) in [6.07, 6.45) is 5.86. The first-order valence-electron chi connectivity index (χ1n) is 15.4. The summed E-state index contributed by atoms with van der Waals surface area (Å²) < 4.78 is 29.9. The third-order valence-electron chi connectivity index (χ3n) is 8.35. The van der Waals surface area contributed by atoms with E-state index >= 15 is 4.39 Å². The predicted molar refractivity (Wildman–Crippen MR) is 173 cm³/mol. The van der Waals surface area contributed by atoms with E-state index < -0.39 is 17.2 Å². The van der Waals surface area contributed by atoms with E-state index in [1.165, 1.54) is 12.4 Å². The topological polar surface area (TPSA) is 141 Å². The van der Waals surface area contributed by atoms with E-state index in [-0.39, 0.29) is 87.9 Å². The first kappa shape index (κ1) is 34.5. The molecule has 46 heavy (non-hydrogen) atoms. The molecule has 5 aromatic rings. The number of nitrogens with one attached hydrogen (secondary N) is 1. The van der Waals surface area contributed by atoms with Gasteiger partial charge in [0.25, 0.3) is 5.56 Å². The van der Waals surface area contributed by atoms with Crippen molar-refractivity contribution in [3.63, 3.8) is 0 Å². The van der Waals surface area contributed by atoms with Crippen LogP contribution < -0.4 is 11.3 Å². The van der Waals surface area contributed by atoms with Crippen LogP contribution in [0, 0.1) is 5.82 Å². The Hall–Kier alpha value is -2.78. The van der Waals surface area contributed by atoms with E-state index in [2.05, 4.69) is 24.7 Å². The molecule has 2 N–H and O–H groups in total. The molecule has 0 radical (unpaired) electrons. The van der Waals surface area contributed by atoms with E-state index in [4.69, 9.17) is 4.74 Å². The average molecular weight is 657 g/mol. The fourth-order valence-corrected chi connectivity index (χ4v) is 6.21. The maximum absolute atomic E-state index is 15.9. The third kappa shape index (κ3) is 7.35. The summed E-state index contributed by atoms with van der Waals surface area (Å²) >= 11 is 0. The molecule has 0 saturated heterocycles. The number of benzene rings is 2. The van der Waals surface area contributed by atoms with Gasteiger partial charge in [-0.3, -0.25) is 18.9 Å². The number of aromatic amines is 1. The molecule has 3 aromatic heterocycles. The van der Waals surface area contributed by atoms with Crippen LogP contribution in [0.3, 0.4) is 0 Å². The van der Waals surface area contributed by atoms with Crippen LogP contribution in [0.5, 0.6) is 0 Å². The van der Waals surface area contributed by atoms with Crippen LogP contribution >= 0.6 is 0 Å². The summed E-state index contributed by atoms with van der Waals surface area (Å²) in [5.74, 6) is -0.381. The number of aryl methyl sites for hydroxylation is 1. The van der Waals surface area contributed by atoms with Crippen molar-refractivity contribution < 1.29 is 18.8 Å². The minimum atomic E-state index is -0.903. The number of ether oxygens (including phenoxy) is 1. The van der Waals surface area contributed by atoms with Gasteiger partial charge in [-0.1, -0.05) is 54.9 Å². The van der Waals surface area contributed by atoms with Crippen molar-refractivity contribution >= 4 is 57.2 Å². The quantitative estimate of drug-likeness (QED) is 0.213. The summed E-state index contributed by atoms with van der Waals surface area (Å²) in [5.41, 5.74) is 2.41. The van der Waals surface area contributed by atoms with E-state index in [0.29, 0.717) is 52.9 Å². The molecule has 6 rings (SSSR count). The molecule has 3 heterocycles. The van der Waals surface area contributed by atoms with Gasteiger partial charge in [-0.25, -0.2) is 13.7 Å². The Labute approximate surface area is 307 Å². The van der Waals surface area contributed by atoms with E-state index in [1.807, 2.05) is 19.1 Å². The molecule has 0 aliphatic heterocycles. The van der Waals surface area contributed by atoms with Crippen molar-refractivity contribution in [1.82, 2.24) is 29.3 Å². The maximum atomic E-state index is 15.9. The Bertz CT molecular complexity index is 1930. The second-order valence-electron chi connectivity index (χ2n) is 12.3. The van der Waals surface area contributed by atoms with Crippen molar-refractivity contribution in [2.45, 2.75) is 83.5 Å². The van der Waals surface area contributed by atoms with Crippen molar-refractivity contribution in [3.05, 3.63) is 92.3 Å². The SMILES string of the molecule is CCCc1c(Cc2ccc(-c3ccccc3-c3noc(=O)[nH]3)cc2F)c(=O)n(C2CCC(OCC(C)(C)O)CC2)c2ncnn12.[KH]. The number of rotatable bonds is 10. The molecule has 2 aromatic carbocycles. The number of halogens is 1. The number of aromatic nitrogens is 6. The summed E-state index contributed by atoms with van der Waals surface area (Å²) in [4.78, 5) is 32.8. The molecule has 13 heteroatoms. The number of fused-ring (bicyclic) bond motifs is 1. The molecule has 0 unspecified atom stereocenters. The molecule has 0 atom stereocenters. The molecule has 0 bridgehead atoms. The van der Waals surface area contributed by atoms with Crippen LogP contribution in [-0.4, -0.2) is 104 Å². The van der Waals surface area contributed by atoms with Gasteiger partial charge in [0.1, 0.15) is 12.1 Å². The van der Waals surface area contributed by atoms with Crippen LogP contribution in [0.15, 0.2) is 62.9 Å². The summed E-state index contributed by atoms with van der Waals surface area (Å²) in [6.45, 7) is 5.72. The van der Waals surface area contributed by atoms with Crippen molar-refractivity contribution in [2.24, 2.45) is 0 Å². The van der Waals surface area contributed by atoms with Gasteiger partial charge in [0.05, 0.1) is 24.0 Å². The molecule has 0 spiro atoms. The van der Waals surface area contributed by atoms with Crippen molar-refractivity contribution in [1.29, 1.82) is 0 Å². The Morgan fingerprint density at radius 1 is 1.11 bits per heavy atom. The second-order valence-corrected chi connectivity index (χ2v) is 12.3. The Morgan fingerprint density at radius 3 is 2.50 bits per heavy atom. The van der Waals surface area contributed by atoms with Crippen LogP contribution in [-0.2, 0) is 17.6 Å². The Morgan fingerprint density at radius 2 is 1.85 bits per heavy atom. The molecule has 1 fully saturated rings. The Balaban J connectivity index is 0.00000417. The van der Waals surface area contributed by atoms with Gasteiger partial charge in [-0.05, 0) is 68.7 Å². The number of hydrogen-bond donors (Lipinski definition) is 2. The average Bonchev–Trinajstić information content (AvgIpc) is 3.68. The van der Waals surface area contributed by atoms with Crippen LogP contribution in [0.2, 0.25) is 0 Å². The molecule has 0 amide bonds.